The van der Waals surface area contributed by atoms with E-state index in [1.165, 1.54) is 45.7 Å². The number of nitrogens with one attached hydrogen (secondary N) is 1. The van der Waals surface area contributed by atoms with E-state index >= 15 is 0 Å². The van der Waals surface area contributed by atoms with E-state index in [9.17, 15) is 17.6 Å². The molecule has 1 amide bonds. The minimum atomic E-state index is -3.66. The molecule has 152 valence electrons. The Hall–Kier alpha value is -2.43. The van der Waals surface area contributed by atoms with Gasteiger partial charge in [0.05, 0.1) is 19.8 Å². The highest BCUT2D eigenvalue weighted by Gasteiger charge is 2.28. The van der Waals surface area contributed by atoms with Crippen LogP contribution in [0, 0.1) is 5.82 Å². The summed E-state index contributed by atoms with van der Waals surface area (Å²) in [5.74, 6) is -0.207. The Kier molecular flexibility index (Phi) is 6.32. The molecule has 2 aromatic rings. The van der Waals surface area contributed by atoms with Crippen LogP contribution < -0.4 is 4.74 Å². The van der Waals surface area contributed by atoms with Gasteiger partial charge in [0, 0.05) is 26.3 Å². The fraction of sp³-hybridized carbons (Fsp3) is 0.389. The number of H-pyrrole nitrogens is 1. The molecule has 1 aromatic heterocycles. The molecule has 0 saturated carbocycles. The number of nitrogens with zero attached hydrogens (tertiary/aromatic N) is 2. The predicted octanol–water partition coefficient (Wildman–Crippen LogP) is 1.33. The average molecular weight is 411 g/mol. The second-order valence-corrected chi connectivity index (χ2v) is 8.23. The van der Waals surface area contributed by atoms with Crippen LogP contribution in [0.25, 0.3) is 0 Å². The van der Waals surface area contributed by atoms with Crippen LogP contribution >= 0.6 is 0 Å². The highest BCUT2D eigenvalue weighted by molar-refractivity contribution is 7.89. The number of ether oxygens (including phenoxy) is 2. The van der Waals surface area contributed by atoms with Gasteiger partial charge in [-0.1, -0.05) is 0 Å². The molecule has 8 nitrogen and oxygen atoms in total. The summed E-state index contributed by atoms with van der Waals surface area (Å²) >= 11 is 0. The fourth-order valence-electron chi connectivity index (χ4n) is 2.72. The molecule has 0 aliphatic carbocycles. The van der Waals surface area contributed by atoms with Gasteiger partial charge in [0.25, 0.3) is 5.91 Å². The Bertz CT molecular complexity index is 908. The van der Waals surface area contributed by atoms with Gasteiger partial charge >= 0.3 is 0 Å². The van der Waals surface area contributed by atoms with Crippen molar-refractivity contribution >= 4 is 15.9 Å². The van der Waals surface area contributed by atoms with E-state index in [0.717, 1.165) is 0 Å². The molecule has 0 radical (unpaired) electrons. The lowest BCUT2D eigenvalue weighted by molar-refractivity contribution is 0.0730. The number of halogens is 1. The van der Waals surface area contributed by atoms with E-state index in [1.54, 1.807) is 7.05 Å². The first-order chi connectivity index (χ1) is 13.4. The van der Waals surface area contributed by atoms with Gasteiger partial charge in [0.2, 0.25) is 10.0 Å². The molecule has 0 spiro atoms. The van der Waals surface area contributed by atoms with E-state index in [4.69, 9.17) is 9.47 Å². The predicted molar refractivity (Wildman–Crippen MR) is 99.2 cm³/mol. The number of likely N-dealkylation sites (N-methyl/N-ethyl adjacent to an activating group) is 1. The summed E-state index contributed by atoms with van der Waals surface area (Å²) in [6.45, 7) is 1.78. The lowest BCUT2D eigenvalue weighted by Crippen LogP contribution is -2.40. The minimum Gasteiger partial charge on any atom is -0.492 e. The van der Waals surface area contributed by atoms with Crippen LogP contribution in [0.2, 0.25) is 0 Å². The van der Waals surface area contributed by atoms with Crippen molar-refractivity contribution in [1.82, 2.24) is 14.2 Å². The second kappa shape index (κ2) is 8.72. The van der Waals surface area contributed by atoms with Gasteiger partial charge in [0.1, 0.15) is 28.8 Å². The average Bonchev–Trinajstić information content (AvgIpc) is 3.20. The Balaban J connectivity index is 1.57. The standard InChI is InChI=1S/C18H22FN3O5S/c1-21(6-11-27-15-4-2-14(19)3-5-15)18(23)17-12-16(13-20-17)28(24,25)22-7-9-26-10-8-22/h2-5,12-13,20H,6-11H2,1H3. The Morgan fingerprint density at radius 1 is 1.29 bits per heavy atom. The van der Waals surface area contributed by atoms with Crippen LogP contribution in [0.3, 0.4) is 0 Å². The zero-order valence-corrected chi connectivity index (χ0v) is 16.2. The topological polar surface area (TPSA) is 91.9 Å². The Morgan fingerprint density at radius 2 is 1.96 bits per heavy atom. The van der Waals surface area contributed by atoms with Gasteiger partial charge in [-0.25, -0.2) is 12.8 Å². The van der Waals surface area contributed by atoms with E-state index in [0.29, 0.717) is 19.0 Å². The highest BCUT2D eigenvalue weighted by atomic mass is 32.2. The SMILES string of the molecule is CN(CCOc1ccc(F)cc1)C(=O)c1cc(S(=O)(=O)N2CCOCC2)c[nH]1. The van der Waals surface area contributed by atoms with Gasteiger partial charge in [-0.3, -0.25) is 4.79 Å². The number of carbonyl (C=O) groups excluding carboxylic acids is 1. The first kappa shape index (κ1) is 20.3. The van der Waals surface area contributed by atoms with Crippen LogP contribution in [-0.2, 0) is 14.8 Å². The number of hydrogen-bond acceptors (Lipinski definition) is 5. The Morgan fingerprint density at radius 3 is 2.64 bits per heavy atom. The summed E-state index contributed by atoms with van der Waals surface area (Å²) in [5, 5.41) is 0. The summed E-state index contributed by atoms with van der Waals surface area (Å²) in [5.41, 5.74) is 0.177. The lowest BCUT2D eigenvalue weighted by Gasteiger charge is -2.25. The maximum absolute atomic E-state index is 12.9. The van der Waals surface area contributed by atoms with E-state index in [1.807, 2.05) is 0 Å². The van der Waals surface area contributed by atoms with E-state index in [2.05, 4.69) is 4.98 Å². The molecule has 28 heavy (non-hydrogen) atoms. The number of hydrogen-bond donors (Lipinski definition) is 1. The van der Waals surface area contributed by atoms with Crippen LogP contribution in [0.5, 0.6) is 5.75 Å². The van der Waals surface area contributed by atoms with Gasteiger partial charge in [-0.15, -0.1) is 0 Å². The lowest BCUT2D eigenvalue weighted by atomic mass is 10.3. The summed E-state index contributed by atoms with van der Waals surface area (Å²) in [4.78, 5) is 16.7. The number of aromatic amines is 1. The molecule has 0 bridgehead atoms. The van der Waals surface area contributed by atoms with Crippen LogP contribution in [0.15, 0.2) is 41.4 Å². The molecule has 2 heterocycles. The van der Waals surface area contributed by atoms with Gasteiger partial charge in [-0.2, -0.15) is 4.31 Å². The van der Waals surface area contributed by atoms with E-state index in [-0.39, 0.29) is 48.6 Å². The Labute approximate surface area is 162 Å². The van der Waals surface area contributed by atoms with Crippen molar-refractivity contribution in [3.05, 3.63) is 48.0 Å². The third-order valence-electron chi connectivity index (χ3n) is 4.35. The molecule has 1 saturated heterocycles. The number of sulfonamides is 1. The largest absolute Gasteiger partial charge is 0.492 e. The van der Waals surface area contributed by atoms with Crippen molar-refractivity contribution in [2.75, 3.05) is 46.5 Å². The first-order valence-electron chi connectivity index (χ1n) is 8.78. The van der Waals surface area contributed by atoms with Crippen molar-refractivity contribution in [2.45, 2.75) is 4.90 Å². The molecule has 1 fully saturated rings. The molecule has 0 unspecified atom stereocenters. The summed E-state index contributed by atoms with van der Waals surface area (Å²) in [7, 11) is -2.07. The van der Waals surface area contributed by atoms with Crippen molar-refractivity contribution < 1.29 is 27.1 Å². The fourth-order valence-corrected chi connectivity index (χ4v) is 4.12. The quantitative estimate of drug-likeness (QED) is 0.742. The monoisotopic (exact) mass is 411 g/mol. The smallest absolute Gasteiger partial charge is 0.270 e. The summed E-state index contributed by atoms with van der Waals surface area (Å²) in [6.07, 6.45) is 1.32. The molecule has 3 rings (SSSR count). The van der Waals surface area contributed by atoms with Crippen molar-refractivity contribution in [2.24, 2.45) is 0 Å². The third kappa shape index (κ3) is 4.70. The number of carbonyl (C=O) groups is 1. The van der Waals surface area contributed by atoms with Crippen LogP contribution in [0.1, 0.15) is 10.5 Å². The zero-order chi connectivity index (χ0) is 20.1. The third-order valence-corrected chi connectivity index (χ3v) is 6.23. The molecule has 1 aliphatic heterocycles. The van der Waals surface area contributed by atoms with Gasteiger partial charge in [-0.05, 0) is 30.3 Å². The molecule has 1 N–H and O–H groups in total. The highest BCUT2D eigenvalue weighted by Crippen LogP contribution is 2.18. The summed E-state index contributed by atoms with van der Waals surface area (Å²) < 4.78 is 50.1. The number of rotatable bonds is 7. The maximum Gasteiger partial charge on any atom is 0.270 e. The van der Waals surface area contributed by atoms with Crippen molar-refractivity contribution in [3.8, 4) is 5.75 Å². The van der Waals surface area contributed by atoms with Crippen molar-refractivity contribution in [1.29, 1.82) is 0 Å². The molecule has 1 aromatic carbocycles. The minimum absolute atomic E-state index is 0.0497. The molecular weight excluding hydrogens is 389 g/mol. The van der Waals surface area contributed by atoms with E-state index < -0.39 is 10.0 Å². The number of morpholine rings is 1. The first-order valence-corrected chi connectivity index (χ1v) is 10.2. The number of benzene rings is 1. The zero-order valence-electron chi connectivity index (χ0n) is 15.4. The molecule has 0 atom stereocenters. The number of amides is 1. The van der Waals surface area contributed by atoms with Gasteiger partial charge < -0.3 is 19.4 Å². The second-order valence-electron chi connectivity index (χ2n) is 6.29. The van der Waals surface area contributed by atoms with Crippen LogP contribution in [0.4, 0.5) is 4.39 Å². The van der Waals surface area contributed by atoms with Gasteiger partial charge in [0.15, 0.2) is 0 Å². The molecule has 1 aliphatic rings. The van der Waals surface area contributed by atoms with Crippen LogP contribution in [-0.4, -0.2) is 75.0 Å². The summed E-state index contributed by atoms with van der Waals surface area (Å²) in [6, 6.07) is 6.93. The molecule has 10 heteroatoms. The molecular formula is C18H22FN3O5S. The maximum atomic E-state index is 12.9. The normalized spacial score (nSPS) is 15.4. The van der Waals surface area contributed by atoms with Crippen molar-refractivity contribution in [3.63, 3.8) is 0 Å². The number of aromatic nitrogens is 1.